The lowest BCUT2D eigenvalue weighted by atomic mass is 10.5. The number of rotatable bonds is 3. The Morgan fingerprint density at radius 3 is 2.45 bits per heavy atom. The van der Waals surface area contributed by atoms with Crippen molar-refractivity contribution in [2.24, 2.45) is 0 Å². The zero-order valence-electron chi connectivity index (χ0n) is 5.91. The molecule has 0 fully saturated rings. The van der Waals surface area contributed by atoms with Crippen LogP contribution in [0.4, 0.5) is 13.2 Å². The normalized spacial score (nSPS) is 13.7. The molecular weight excluding hydrogens is 181 g/mol. The largest absolute Gasteiger partial charge is 0.426 e. The molecule has 0 rings (SSSR count). The highest BCUT2D eigenvalue weighted by Gasteiger charge is 2.31. The van der Waals surface area contributed by atoms with Crippen molar-refractivity contribution in [2.75, 3.05) is 13.2 Å². The Balaban J connectivity index is 3.81. The van der Waals surface area contributed by atoms with Gasteiger partial charge in [0.1, 0.15) is 5.03 Å². The minimum Gasteiger partial charge on any atom is -0.378 e. The predicted octanol–water partition coefficient (Wildman–Crippen LogP) is 2.71. The summed E-state index contributed by atoms with van der Waals surface area (Å²) >= 11 is 4.85. The van der Waals surface area contributed by atoms with E-state index in [0.717, 1.165) is 6.08 Å². The number of hydrogen-bond donors (Lipinski definition) is 0. The molecule has 5 heteroatoms. The van der Waals surface area contributed by atoms with Crippen LogP contribution in [0, 0.1) is 0 Å². The summed E-state index contributed by atoms with van der Waals surface area (Å²) in [5, 5.41) is -1.13. The van der Waals surface area contributed by atoms with Crippen LogP contribution in [0.1, 0.15) is 6.92 Å². The molecule has 0 heterocycles. The number of hydrogen-bond acceptors (Lipinski definition) is 1. The van der Waals surface area contributed by atoms with Gasteiger partial charge in [-0.15, -0.1) is 0 Å². The first kappa shape index (κ1) is 10.8. The average molecular weight is 189 g/mol. The van der Waals surface area contributed by atoms with E-state index in [1.165, 1.54) is 0 Å². The second-order valence-electron chi connectivity index (χ2n) is 1.71. The van der Waals surface area contributed by atoms with Crippen LogP contribution in [0.2, 0.25) is 0 Å². The van der Waals surface area contributed by atoms with E-state index >= 15 is 0 Å². The minimum atomic E-state index is -4.45. The number of alkyl halides is 3. The molecule has 0 bridgehead atoms. The molecule has 0 radical (unpaired) electrons. The molecule has 0 aromatic carbocycles. The Morgan fingerprint density at radius 2 is 2.09 bits per heavy atom. The Morgan fingerprint density at radius 1 is 1.55 bits per heavy atom. The molecular formula is C6H8ClF3O. The van der Waals surface area contributed by atoms with Crippen LogP contribution in [-0.2, 0) is 4.74 Å². The van der Waals surface area contributed by atoms with Gasteiger partial charge in [-0.25, -0.2) is 0 Å². The van der Waals surface area contributed by atoms with Gasteiger partial charge in [-0.05, 0) is 13.0 Å². The molecule has 0 aliphatic heterocycles. The van der Waals surface area contributed by atoms with Crippen LogP contribution in [0.25, 0.3) is 0 Å². The maximum absolute atomic E-state index is 11.6. The van der Waals surface area contributed by atoms with Gasteiger partial charge in [0.2, 0.25) is 0 Å². The van der Waals surface area contributed by atoms with Crippen LogP contribution in [0.5, 0.6) is 0 Å². The van der Waals surface area contributed by atoms with E-state index in [0.29, 0.717) is 6.61 Å². The maximum Gasteiger partial charge on any atom is 0.426 e. The van der Waals surface area contributed by atoms with Crippen LogP contribution >= 0.6 is 11.6 Å². The highest BCUT2D eigenvalue weighted by atomic mass is 35.5. The van der Waals surface area contributed by atoms with Gasteiger partial charge >= 0.3 is 6.18 Å². The van der Waals surface area contributed by atoms with Gasteiger partial charge in [0.05, 0.1) is 6.61 Å². The van der Waals surface area contributed by atoms with Crippen molar-refractivity contribution in [1.29, 1.82) is 0 Å². The molecule has 0 aliphatic rings. The highest BCUT2D eigenvalue weighted by Crippen LogP contribution is 2.27. The molecule has 66 valence electrons. The van der Waals surface area contributed by atoms with Crippen LogP contribution in [0.3, 0.4) is 0 Å². The summed E-state index contributed by atoms with van der Waals surface area (Å²) in [6.07, 6.45) is -3.65. The van der Waals surface area contributed by atoms with Gasteiger partial charge in [-0.3, -0.25) is 0 Å². The standard InChI is InChI=1S/C6H8ClF3O/c1-2-11-4-3-5(7)6(8,9)10/h3H,2,4H2,1H3/b5-3-. The van der Waals surface area contributed by atoms with Gasteiger partial charge in [0, 0.05) is 6.61 Å². The third-order valence-corrected chi connectivity index (χ3v) is 1.22. The van der Waals surface area contributed by atoms with E-state index in [-0.39, 0.29) is 6.61 Å². The first-order chi connectivity index (χ1) is 4.98. The zero-order valence-corrected chi connectivity index (χ0v) is 6.67. The summed E-state index contributed by atoms with van der Waals surface area (Å²) in [4.78, 5) is 0. The van der Waals surface area contributed by atoms with E-state index in [9.17, 15) is 13.2 Å². The van der Waals surface area contributed by atoms with E-state index in [2.05, 4.69) is 4.74 Å². The summed E-state index contributed by atoms with van der Waals surface area (Å²) in [6, 6.07) is 0. The third kappa shape index (κ3) is 5.09. The third-order valence-electron chi connectivity index (χ3n) is 0.855. The van der Waals surface area contributed by atoms with Crippen molar-refractivity contribution in [2.45, 2.75) is 13.1 Å². The van der Waals surface area contributed by atoms with Gasteiger partial charge in [0.15, 0.2) is 0 Å². The Labute approximate surface area is 67.8 Å². The van der Waals surface area contributed by atoms with E-state index in [1.807, 2.05) is 0 Å². The molecule has 0 unspecified atom stereocenters. The molecule has 11 heavy (non-hydrogen) atoms. The SMILES string of the molecule is CCOC/C=C(\Cl)C(F)(F)F. The number of halogens is 4. The lowest BCUT2D eigenvalue weighted by molar-refractivity contribution is -0.0850. The molecule has 1 nitrogen and oxygen atoms in total. The van der Waals surface area contributed by atoms with Crippen LogP contribution in [-0.4, -0.2) is 19.4 Å². The zero-order chi connectivity index (χ0) is 8.91. The molecule has 0 aliphatic carbocycles. The first-order valence-electron chi connectivity index (χ1n) is 2.99. The van der Waals surface area contributed by atoms with Crippen molar-refractivity contribution in [3.63, 3.8) is 0 Å². The number of allylic oxidation sites excluding steroid dienone is 1. The topological polar surface area (TPSA) is 9.23 Å². The smallest absolute Gasteiger partial charge is 0.378 e. The summed E-state index contributed by atoms with van der Waals surface area (Å²) in [5.41, 5.74) is 0. The molecule has 0 saturated heterocycles. The monoisotopic (exact) mass is 188 g/mol. The lowest BCUT2D eigenvalue weighted by Gasteiger charge is -2.03. The first-order valence-corrected chi connectivity index (χ1v) is 3.37. The second-order valence-corrected chi connectivity index (χ2v) is 2.12. The molecule has 0 atom stereocenters. The van der Waals surface area contributed by atoms with Crippen molar-refractivity contribution in [3.05, 3.63) is 11.1 Å². The van der Waals surface area contributed by atoms with E-state index in [1.54, 1.807) is 6.92 Å². The van der Waals surface area contributed by atoms with E-state index in [4.69, 9.17) is 11.6 Å². The summed E-state index contributed by atoms with van der Waals surface area (Å²) in [5.74, 6) is 0. The average Bonchev–Trinajstić information content (AvgIpc) is 1.86. The van der Waals surface area contributed by atoms with Crippen LogP contribution < -0.4 is 0 Å². The van der Waals surface area contributed by atoms with Crippen molar-refractivity contribution in [3.8, 4) is 0 Å². The second kappa shape index (κ2) is 4.62. The predicted molar refractivity (Wildman–Crippen MR) is 36.5 cm³/mol. The van der Waals surface area contributed by atoms with Crippen molar-refractivity contribution in [1.82, 2.24) is 0 Å². The fourth-order valence-electron chi connectivity index (χ4n) is 0.366. The molecule has 0 saturated carbocycles. The fraction of sp³-hybridized carbons (Fsp3) is 0.667. The minimum absolute atomic E-state index is 0.102. The maximum atomic E-state index is 11.6. The van der Waals surface area contributed by atoms with Gasteiger partial charge in [0.25, 0.3) is 0 Å². The van der Waals surface area contributed by atoms with E-state index < -0.39 is 11.2 Å². The Hall–Kier alpha value is -0.220. The fourth-order valence-corrected chi connectivity index (χ4v) is 0.429. The molecule has 0 aromatic heterocycles. The summed E-state index contributed by atoms with van der Waals surface area (Å²) in [6.45, 7) is 1.96. The Kier molecular flexibility index (Phi) is 4.52. The molecule has 0 aromatic rings. The summed E-state index contributed by atoms with van der Waals surface area (Å²) in [7, 11) is 0. The van der Waals surface area contributed by atoms with Crippen molar-refractivity contribution < 1.29 is 17.9 Å². The Bertz CT molecular complexity index is 141. The summed E-state index contributed by atoms with van der Waals surface area (Å²) < 4.78 is 39.5. The molecule has 0 spiro atoms. The molecule has 0 amide bonds. The number of ether oxygens (including phenoxy) is 1. The van der Waals surface area contributed by atoms with Gasteiger partial charge in [-0.2, -0.15) is 13.2 Å². The lowest BCUT2D eigenvalue weighted by Crippen LogP contribution is -2.08. The highest BCUT2D eigenvalue weighted by molar-refractivity contribution is 6.30. The quantitative estimate of drug-likeness (QED) is 0.619. The van der Waals surface area contributed by atoms with Gasteiger partial charge in [-0.1, -0.05) is 11.6 Å². The van der Waals surface area contributed by atoms with Crippen LogP contribution in [0.15, 0.2) is 11.1 Å². The molecule has 0 N–H and O–H groups in total. The van der Waals surface area contributed by atoms with Gasteiger partial charge < -0.3 is 4.74 Å². The van der Waals surface area contributed by atoms with Crippen molar-refractivity contribution >= 4 is 11.6 Å².